The molecule has 0 radical (unpaired) electrons. The third kappa shape index (κ3) is 8.71. The van der Waals surface area contributed by atoms with Gasteiger partial charge in [-0.05, 0) is 96.2 Å². The lowest BCUT2D eigenvalue weighted by atomic mass is 10.2. The Bertz CT molecular complexity index is 2010. The van der Waals surface area contributed by atoms with E-state index < -0.39 is 15.9 Å². The number of nitrogens with zero attached hydrogens (tertiary/aromatic N) is 3. The van der Waals surface area contributed by atoms with E-state index in [0.717, 1.165) is 16.2 Å². The smallest absolute Gasteiger partial charge is 0.267 e. The number of sulfonamides is 1. The maximum Gasteiger partial charge on any atom is 0.267 e. The fourth-order valence-corrected chi connectivity index (χ4v) is 6.15. The summed E-state index contributed by atoms with van der Waals surface area (Å²) >= 11 is 4.58. The van der Waals surface area contributed by atoms with Crippen molar-refractivity contribution in [2.24, 2.45) is 15.3 Å². The second-order valence-corrected chi connectivity index (χ2v) is 13.4. The highest BCUT2D eigenvalue weighted by atomic mass is 79.9. The maximum absolute atomic E-state index is 13.7. The molecule has 248 valence electrons. The predicted octanol–water partition coefficient (Wildman–Crippen LogP) is 5.23. The quantitative estimate of drug-likeness (QED) is 0.112. The van der Waals surface area contributed by atoms with Gasteiger partial charge in [-0.15, -0.1) is 5.10 Å². The van der Waals surface area contributed by atoms with Crippen molar-refractivity contribution in [2.45, 2.75) is 11.4 Å². The Morgan fingerprint density at radius 3 is 2.48 bits per heavy atom. The molecule has 1 aliphatic heterocycles. The zero-order chi connectivity index (χ0) is 34.3. The fraction of sp³-hybridized carbons (Fsp3) is 0.125. The summed E-state index contributed by atoms with van der Waals surface area (Å²) in [6.45, 7) is -0.237. The van der Waals surface area contributed by atoms with Gasteiger partial charge in [0.05, 0.1) is 43.0 Å². The van der Waals surface area contributed by atoms with Crippen LogP contribution in [-0.2, 0) is 26.2 Å². The van der Waals surface area contributed by atoms with Crippen molar-refractivity contribution in [1.29, 1.82) is 0 Å². The normalized spacial score (nSPS) is 15.0. The van der Waals surface area contributed by atoms with Crippen molar-refractivity contribution in [2.75, 3.05) is 26.1 Å². The van der Waals surface area contributed by atoms with Crippen LogP contribution in [0.25, 0.3) is 6.08 Å². The van der Waals surface area contributed by atoms with E-state index in [2.05, 4.69) is 31.4 Å². The zero-order valence-electron chi connectivity index (χ0n) is 25.5. The van der Waals surface area contributed by atoms with Crippen molar-refractivity contribution >= 4 is 72.7 Å². The Kier molecular flexibility index (Phi) is 11.0. The van der Waals surface area contributed by atoms with Gasteiger partial charge < -0.3 is 23.9 Å². The number of methoxy groups -OCH3 is 2. The number of carbonyl (C=O) groups excluding carboxylic acids is 2. The number of furan rings is 1. The number of ether oxygens (including phenoxy) is 3. The molecule has 0 spiro atoms. The van der Waals surface area contributed by atoms with Crippen LogP contribution in [-0.4, -0.2) is 57.3 Å². The summed E-state index contributed by atoms with van der Waals surface area (Å²) in [5, 5.41) is 16.7. The Balaban J connectivity index is 1.35. The highest BCUT2D eigenvalue weighted by Crippen LogP contribution is 2.36. The number of carbonyl (C=O) groups is 2. The largest absolute Gasteiger partial charge is 0.493 e. The number of primary sulfonamides is 1. The molecule has 48 heavy (non-hydrogen) atoms. The third-order valence-electron chi connectivity index (χ3n) is 6.62. The lowest BCUT2D eigenvalue weighted by molar-refractivity contribution is -0.122. The number of hydrogen-bond donors (Lipinski definition) is 2. The Morgan fingerprint density at radius 1 is 1.04 bits per heavy atom. The number of anilines is 1. The van der Waals surface area contributed by atoms with Gasteiger partial charge in [-0.25, -0.2) is 13.6 Å². The van der Waals surface area contributed by atoms with Gasteiger partial charge in [0.2, 0.25) is 10.0 Å². The lowest BCUT2D eigenvalue weighted by Gasteiger charge is -2.13. The predicted molar refractivity (Wildman–Crippen MR) is 185 cm³/mol. The van der Waals surface area contributed by atoms with Crippen LogP contribution in [0.4, 0.5) is 5.69 Å². The van der Waals surface area contributed by atoms with E-state index in [4.69, 9.17) is 23.8 Å². The van der Waals surface area contributed by atoms with Gasteiger partial charge in [-0.2, -0.15) is 5.10 Å². The number of hydrogen-bond acceptors (Lipinski definition) is 11. The Morgan fingerprint density at radius 2 is 1.79 bits per heavy atom. The first-order chi connectivity index (χ1) is 23.0. The molecule has 4 aromatic rings. The van der Waals surface area contributed by atoms with Crippen molar-refractivity contribution in [1.82, 2.24) is 4.90 Å². The molecule has 0 bridgehead atoms. The van der Waals surface area contributed by atoms with E-state index in [0.29, 0.717) is 49.9 Å². The van der Waals surface area contributed by atoms with Gasteiger partial charge >= 0.3 is 0 Å². The van der Waals surface area contributed by atoms with Crippen LogP contribution in [0.15, 0.2) is 108 Å². The fourth-order valence-electron chi connectivity index (χ4n) is 4.33. The molecule has 1 aromatic heterocycles. The molecule has 1 aliphatic rings. The molecule has 2 heterocycles. The summed E-state index contributed by atoms with van der Waals surface area (Å²) in [6.07, 6.45) is 4.70. The molecule has 3 aromatic carbocycles. The van der Waals surface area contributed by atoms with E-state index in [-0.39, 0.29) is 24.0 Å². The molecule has 0 aliphatic carbocycles. The summed E-state index contributed by atoms with van der Waals surface area (Å²) in [5.41, 5.74) is 1.60. The van der Waals surface area contributed by atoms with Gasteiger partial charge in [0, 0.05) is 15.7 Å². The van der Waals surface area contributed by atoms with Crippen LogP contribution in [0.2, 0.25) is 0 Å². The van der Waals surface area contributed by atoms with E-state index in [9.17, 15) is 18.0 Å². The Labute approximate surface area is 288 Å². The average Bonchev–Trinajstić information content (AvgIpc) is 3.68. The van der Waals surface area contributed by atoms with Crippen molar-refractivity contribution in [3.63, 3.8) is 0 Å². The monoisotopic (exact) mass is 753 g/mol. The van der Waals surface area contributed by atoms with Crippen LogP contribution in [0.1, 0.15) is 16.9 Å². The molecule has 1 saturated heterocycles. The molecule has 13 nitrogen and oxygen atoms in total. The average molecular weight is 755 g/mol. The molecule has 1 fully saturated rings. The molecular formula is C32H28BrN5O8S2. The zero-order valence-corrected chi connectivity index (χ0v) is 28.7. The van der Waals surface area contributed by atoms with Crippen LogP contribution >= 0.6 is 27.7 Å². The molecule has 5 rings (SSSR count). The van der Waals surface area contributed by atoms with E-state index >= 15 is 0 Å². The number of benzene rings is 3. The van der Waals surface area contributed by atoms with Gasteiger partial charge in [0.15, 0.2) is 23.3 Å². The summed E-state index contributed by atoms with van der Waals surface area (Å²) in [6, 6.07) is 19.3. The lowest BCUT2D eigenvalue weighted by Crippen LogP contribution is -2.28. The highest BCUT2D eigenvalue weighted by Gasteiger charge is 2.34. The number of nitrogens with two attached hydrogens (primary N) is 1. The number of thioether (sulfide) groups is 1. The van der Waals surface area contributed by atoms with Gasteiger partial charge in [0.25, 0.3) is 11.8 Å². The topological polar surface area (TPSA) is 175 Å². The number of nitrogens with one attached hydrogen (secondary N) is 1. The molecule has 3 N–H and O–H groups in total. The highest BCUT2D eigenvalue weighted by molar-refractivity contribution is 9.10. The number of amidine groups is 1. The standard InChI is InChI=1S/C32H28BrN5O8S2/c1-43-27-11-5-20(14-28(27)44-2)17-35-37-32-38(18-24-4-3-13-45-24)31(40)29(47-32)16-21-15-22(33)6-12-26(21)46-19-30(39)36-23-7-9-25(10-8-23)48(34,41)42/h3-17H,18-19H2,1-2H3,(H,36,39)(H2,34,41,42)/b29-16-,35-17-,37-32+. The Hall–Kier alpha value is -4.90. The first-order valence-corrected chi connectivity index (χ1v) is 17.1. The van der Waals surface area contributed by atoms with Crippen molar-refractivity contribution < 1.29 is 36.6 Å². The first kappa shape index (κ1) is 34.4. The first-order valence-electron chi connectivity index (χ1n) is 14.0. The second-order valence-electron chi connectivity index (χ2n) is 9.91. The summed E-state index contributed by atoms with van der Waals surface area (Å²) in [4.78, 5) is 28.0. The van der Waals surface area contributed by atoms with Crippen molar-refractivity contribution in [3.8, 4) is 17.2 Å². The summed E-state index contributed by atoms with van der Waals surface area (Å²) < 4.78 is 45.6. The molecule has 0 unspecified atom stereocenters. The van der Waals surface area contributed by atoms with Crippen LogP contribution < -0.4 is 24.7 Å². The molecule has 0 atom stereocenters. The van der Waals surface area contributed by atoms with Crippen LogP contribution in [0.5, 0.6) is 17.2 Å². The molecule has 16 heteroatoms. The number of halogens is 1. The minimum atomic E-state index is -3.86. The summed E-state index contributed by atoms with van der Waals surface area (Å²) in [7, 11) is -0.772. The van der Waals surface area contributed by atoms with Gasteiger partial charge in [-0.1, -0.05) is 15.9 Å². The molecular weight excluding hydrogens is 726 g/mol. The van der Waals surface area contributed by atoms with E-state index in [1.54, 1.807) is 61.7 Å². The van der Waals surface area contributed by atoms with Gasteiger partial charge in [0.1, 0.15) is 11.5 Å². The van der Waals surface area contributed by atoms with E-state index in [1.165, 1.54) is 48.8 Å². The minimum Gasteiger partial charge on any atom is -0.493 e. The van der Waals surface area contributed by atoms with Gasteiger partial charge in [-0.3, -0.25) is 14.5 Å². The van der Waals surface area contributed by atoms with Crippen molar-refractivity contribution in [3.05, 3.63) is 105 Å². The molecule has 0 saturated carbocycles. The molecule has 2 amide bonds. The third-order valence-corrected chi connectivity index (χ3v) is 9.04. The van der Waals surface area contributed by atoms with Crippen LogP contribution in [0, 0.1) is 0 Å². The SMILES string of the molecule is COc1ccc(/C=N\N=C2\S/C(=C\c3cc(Br)ccc3OCC(=O)Nc3ccc(S(N)(=O)=O)cc3)C(=O)N2Cc2ccco2)cc1OC. The summed E-state index contributed by atoms with van der Waals surface area (Å²) in [5.74, 6) is 1.19. The number of rotatable bonds is 12. The maximum atomic E-state index is 13.7. The second kappa shape index (κ2) is 15.3. The van der Waals surface area contributed by atoms with Crippen LogP contribution in [0.3, 0.4) is 0 Å². The minimum absolute atomic E-state index is 0.0794. The number of amides is 2. The van der Waals surface area contributed by atoms with E-state index in [1.807, 2.05) is 0 Å².